The molecule has 0 spiro atoms. The van der Waals surface area contributed by atoms with Crippen molar-refractivity contribution in [1.82, 2.24) is 9.80 Å². The van der Waals surface area contributed by atoms with Crippen LogP contribution in [0.3, 0.4) is 0 Å². The normalized spacial score (nSPS) is 10.4. The van der Waals surface area contributed by atoms with E-state index < -0.39 is 0 Å². The lowest BCUT2D eigenvalue weighted by atomic mass is 10.1. The Labute approximate surface area is 188 Å². The third-order valence-electron chi connectivity index (χ3n) is 4.99. The van der Waals surface area contributed by atoms with Crippen molar-refractivity contribution in [3.8, 4) is 5.75 Å². The molecule has 3 aromatic rings. The van der Waals surface area contributed by atoms with E-state index in [1.807, 2.05) is 49.4 Å². The Morgan fingerprint density at radius 3 is 2.44 bits per heavy atom. The van der Waals surface area contributed by atoms with Gasteiger partial charge in [0.1, 0.15) is 23.8 Å². The van der Waals surface area contributed by atoms with Gasteiger partial charge in [0.2, 0.25) is 5.91 Å². The molecule has 1 aromatic heterocycles. The van der Waals surface area contributed by atoms with Gasteiger partial charge in [0.05, 0.1) is 13.7 Å². The van der Waals surface area contributed by atoms with Crippen molar-refractivity contribution in [2.45, 2.75) is 20.0 Å². The van der Waals surface area contributed by atoms with E-state index in [0.29, 0.717) is 30.2 Å². The minimum Gasteiger partial charge on any atom is -0.497 e. The second-order valence-electron chi connectivity index (χ2n) is 7.45. The zero-order valence-electron chi connectivity index (χ0n) is 18.5. The molecule has 0 aliphatic carbocycles. The summed E-state index contributed by atoms with van der Waals surface area (Å²) in [6, 6.07) is 20.4. The molecule has 32 heavy (non-hydrogen) atoms. The molecule has 0 bridgehead atoms. The summed E-state index contributed by atoms with van der Waals surface area (Å²) in [5, 5.41) is 0. The van der Waals surface area contributed by atoms with Gasteiger partial charge >= 0.3 is 0 Å². The highest BCUT2D eigenvalue weighted by atomic mass is 16.5. The molecule has 2 aromatic carbocycles. The van der Waals surface area contributed by atoms with Gasteiger partial charge in [-0.1, -0.05) is 42.5 Å². The van der Waals surface area contributed by atoms with Gasteiger partial charge in [0.15, 0.2) is 0 Å². The maximum absolute atomic E-state index is 13.3. The highest BCUT2D eigenvalue weighted by molar-refractivity contribution is 5.97. The Kier molecular flexibility index (Phi) is 7.86. The fourth-order valence-electron chi connectivity index (χ4n) is 3.37. The second kappa shape index (κ2) is 11.0. The quantitative estimate of drug-likeness (QED) is 0.444. The first kappa shape index (κ1) is 22.9. The standard InChI is InChI=1S/C26H28N2O4/c1-4-15-27(26(30)22-11-8-12-23(16-22)31-3)19-25(29)28(17-21-9-6-5-7-10-21)18-24-14-13-20(2)32-24/h4-14,16H,1,15,17-19H2,2-3H3. The first-order valence-electron chi connectivity index (χ1n) is 10.4. The van der Waals surface area contributed by atoms with E-state index in [2.05, 4.69) is 6.58 Å². The number of aryl methyl sites for hydroxylation is 1. The van der Waals surface area contributed by atoms with E-state index in [0.717, 1.165) is 11.3 Å². The number of rotatable bonds is 10. The molecule has 0 unspecified atom stereocenters. The third-order valence-corrected chi connectivity index (χ3v) is 4.99. The van der Waals surface area contributed by atoms with Crippen molar-refractivity contribution < 1.29 is 18.7 Å². The molecule has 6 nitrogen and oxygen atoms in total. The molecule has 3 rings (SSSR count). The maximum Gasteiger partial charge on any atom is 0.254 e. The SMILES string of the molecule is C=CCN(CC(=O)N(Cc1ccccc1)Cc1ccc(C)o1)C(=O)c1cccc(OC)c1. The number of carbonyl (C=O) groups is 2. The van der Waals surface area contributed by atoms with Gasteiger partial charge in [-0.3, -0.25) is 9.59 Å². The number of furan rings is 1. The van der Waals surface area contributed by atoms with Crippen LogP contribution >= 0.6 is 0 Å². The highest BCUT2D eigenvalue weighted by Gasteiger charge is 2.23. The van der Waals surface area contributed by atoms with E-state index in [-0.39, 0.29) is 24.9 Å². The van der Waals surface area contributed by atoms with Crippen LogP contribution in [-0.2, 0) is 17.9 Å². The molecule has 2 amide bonds. The van der Waals surface area contributed by atoms with Crippen LogP contribution in [0.5, 0.6) is 5.75 Å². The zero-order chi connectivity index (χ0) is 22.9. The van der Waals surface area contributed by atoms with Gasteiger partial charge in [-0.15, -0.1) is 6.58 Å². The van der Waals surface area contributed by atoms with Crippen molar-refractivity contribution in [3.05, 3.63) is 102 Å². The van der Waals surface area contributed by atoms with E-state index in [4.69, 9.17) is 9.15 Å². The Morgan fingerprint density at radius 1 is 1.00 bits per heavy atom. The predicted molar refractivity (Wildman–Crippen MR) is 123 cm³/mol. The maximum atomic E-state index is 13.3. The van der Waals surface area contributed by atoms with Gasteiger partial charge < -0.3 is 19.0 Å². The van der Waals surface area contributed by atoms with E-state index in [1.54, 1.807) is 42.4 Å². The fourth-order valence-corrected chi connectivity index (χ4v) is 3.37. The summed E-state index contributed by atoms with van der Waals surface area (Å²) in [6.45, 7) is 6.51. The molecule has 6 heteroatoms. The molecule has 166 valence electrons. The molecule has 0 fully saturated rings. The monoisotopic (exact) mass is 432 g/mol. The van der Waals surface area contributed by atoms with Gasteiger partial charge in [0.25, 0.3) is 5.91 Å². The lowest BCUT2D eigenvalue weighted by Crippen LogP contribution is -2.42. The summed E-state index contributed by atoms with van der Waals surface area (Å²) < 4.78 is 10.9. The second-order valence-corrected chi connectivity index (χ2v) is 7.45. The molecular formula is C26H28N2O4. The van der Waals surface area contributed by atoms with Crippen molar-refractivity contribution in [2.24, 2.45) is 0 Å². The van der Waals surface area contributed by atoms with Crippen LogP contribution < -0.4 is 4.74 Å². The lowest BCUT2D eigenvalue weighted by molar-refractivity contribution is -0.133. The number of benzene rings is 2. The minimum absolute atomic E-state index is 0.0748. The van der Waals surface area contributed by atoms with Crippen LogP contribution in [0, 0.1) is 6.92 Å². The molecule has 0 N–H and O–H groups in total. The Morgan fingerprint density at radius 2 is 1.78 bits per heavy atom. The Hall–Kier alpha value is -3.80. The number of carbonyl (C=O) groups excluding carboxylic acids is 2. The summed E-state index contributed by atoms with van der Waals surface area (Å²) >= 11 is 0. The topological polar surface area (TPSA) is 63.0 Å². The number of hydrogen-bond donors (Lipinski definition) is 0. The molecule has 1 heterocycles. The van der Waals surface area contributed by atoms with Gasteiger partial charge in [-0.25, -0.2) is 0 Å². The Balaban J connectivity index is 1.80. The van der Waals surface area contributed by atoms with Crippen molar-refractivity contribution in [1.29, 1.82) is 0 Å². The van der Waals surface area contributed by atoms with Crippen LogP contribution in [-0.4, -0.2) is 41.8 Å². The van der Waals surface area contributed by atoms with Crippen LogP contribution in [0.1, 0.15) is 27.4 Å². The number of ether oxygens (including phenoxy) is 1. The minimum atomic E-state index is -0.259. The average molecular weight is 433 g/mol. The molecule has 0 aliphatic rings. The molecule has 0 saturated heterocycles. The Bertz CT molecular complexity index is 1060. The third kappa shape index (κ3) is 6.11. The summed E-state index contributed by atoms with van der Waals surface area (Å²) in [5.41, 5.74) is 1.45. The van der Waals surface area contributed by atoms with Gasteiger partial charge in [-0.05, 0) is 42.8 Å². The number of hydrogen-bond acceptors (Lipinski definition) is 4. The van der Waals surface area contributed by atoms with Crippen molar-refractivity contribution in [3.63, 3.8) is 0 Å². The van der Waals surface area contributed by atoms with Crippen LogP contribution in [0.25, 0.3) is 0 Å². The van der Waals surface area contributed by atoms with Crippen LogP contribution in [0.2, 0.25) is 0 Å². The summed E-state index contributed by atoms with van der Waals surface area (Å²) in [5.74, 6) is 1.63. The van der Waals surface area contributed by atoms with E-state index >= 15 is 0 Å². The number of methoxy groups -OCH3 is 1. The fraction of sp³-hybridized carbons (Fsp3) is 0.231. The van der Waals surface area contributed by atoms with E-state index in [1.165, 1.54) is 4.90 Å². The van der Waals surface area contributed by atoms with Crippen molar-refractivity contribution >= 4 is 11.8 Å². The first-order chi connectivity index (χ1) is 15.5. The van der Waals surface area contributed by atoms with Crippen LogP contribution in [0.4, 0.5) is 0 Å². The molecular weight excluding hydrogens is 404 g/mol. The average Bonchev–Trinajstić information content (AvgIpc) is 3.23. The molecule has 0 radical (unpaired) electrons. The molecule has 0 aliphatic heterocycles. The van der Waals surface area contributed by atoms with Crippen LogP contribution in [0.15, 0.2) is 83.8 Å². The predicted octanol–water partition coefficient (Wildman–Crippen LogP) is 4.45. The smallest absolute Gasteiger partial charge is 0.254 e. The summed E-state index contributed by atoms with van der Waals surface area (Å²) in [6.07, 6.45) is 1.61. The molecule has 0 saturated carbocycles. The first-order valence-corrected chi connectivity index (χ1v) is 10.4. The molecule has 0 atom stereocenters. The summed E-state index contributed by atoms with van der Waals surface area (Å²) in [4.78, 5) is 29.6. The zero-order valence-corrected chi connectivity index (χ0v) is 18.5. The lowest BCUT2D eigenvalue weighted by Gasteiger charge is -2.27. The number of amides is 2. The largest absolute Gasteiger partial charge is 0.497 e. The highest BCUT2D eigenvalue weighted by Crippen LogP contribution is 2.17. The van der Waals surface area contributed by atoms with Crippen molar-refractivity contribution in [2.75, 3.05) is 20.2 Å². The number of nitrogens with zero attached hydrogens (tertiary/aromatic N) is 2. The van der Waals surface area contributed by atoms with Gasteiger partial charge in [0, 0.05) is 18.7 Å². The summed E-state index contributed by atoms with van der Waals surface area (Å²) in [7, 11) is 1.55. The van der Waals surface area contributed by atoms with Gasteiger partial charge in [-0.2, -0.15) is 0 Å². The van der Waals surface area contributed by atoms with E-state index in [9.17, 15) is 9.59 Å².